The molecule has 70 heavy (non-hydrogen) atoms. The predicted octanol–water partition coefficient (Wildman–Crippen LogP) is 20.4. The Kier molecular flexibility index (Phi) is 22.6. The van der Waals surface area contributed by atoms with E-state index in [-0.39, 0.29) is 32.7 Å². The van der Waals surface area contributed by atoms with Crippen molar-refractivity contribution in [3.63, 3.8) is 0 Å². The quantitative estimate of drug-likeness (QED) is 0.167. The van der Waals surface area contributed by atoms with Crippen molar-refractivity contribution in [1.29, 1.82) is 0 Å². The van der Waals surface area contributed by atoms with Crippen LogP contribution in [0.15, 0.2) is 217 Å². The third-order valence-corrected chi connectivity index (χ3v) is 13.3. The van der Waals surface area contributed by atoms with Crippen molar-refractivity contribution in [2.75, 3.05) is 15.1 Å². The van der Waals surface area contributed by atoms with Crippen LogP contribution in [0.2, 0.25) is 0 Å². The summed E-state index contributed by atoms with van der Waals surface area (Å²) in [7, 11) is 0. The SMILES string of the molecule is CC.CC.CC.CC.Cc1ccc(N(c2ccccc2)c2ccccc2)cc1.[Y].[c-]1ccc(N(c2ccccc2)c2ccccc2)cc1.c1cc2cc3c(cc2s1)C1Cc2cc4ccsc4cc2C1N3. The van der Waals surface area contributed by atoms with Crippen molar-refractivity contribution in [2.24, 2.45) is 0 Å². The van der Waals surface area contributed by atoms with Crippen molar-refractivity contribution in [2.45, 2.75) is 80.7 Å². The monoisotopic (exact) mass is 1030 g/mol. The second-order valence-corrected chi connectivity index (χ2v) is 17.3. The number of hydrogen-bond donors (Lipinski definition) is 1. The van der Waals surface area contributed by atoms with Crippen LogP contribution < -0.4 is 15.1 Å². The molecule has 1 aliphatic carbocycles. The van der Waals surface area contributed by atoms with Crippen LogP contribution in [-0.2, 0) is 39.1 Å². The second kappa shape index (κ2) is 28.8. The molecule has 0 saturated carbocycles. The third kappa shape index (κ3) is 13.3. The zero-order chi connectivity index (χ0) is 49.0. The molecule has 1 radical (unpaired) electrons. The number of para-hydroxylation sites is 4. The Morgan fingerprint density at radius 2 is 0.829 bits per heavy atom. The van der Waals surface area contributed by atoms with Gasteiger partial charge in [-0.1, -0.05) is 152 Å². The summed E-state index contributed by atoms with van der Waals surface area (Å²) in [6.45, 7) is 18.1. The van der Waals surface area contributed by atoms with E-state index in [2.05, 4.69) is 209 Å². The molecule has 2 atom stereocenters. The molecule has 10 aromatic rings. The first-order chi connectivity index (χ1) is 34.2. The first-order valence-electron chi connectivity index (χ1n) is 24.8. The molecule has 0 saturated heterocycles. The summed E-state index contributed by atoms with van der Waals surface area (Å²) < 4.78 is 2.83. The van der Waals surface area contributed by atoms with Crippen LogP contribution in [0.1, 0.15) is 89.6 Å². The Balaban J connectivity index is 0.000000182. The molecule has 2 unspecified atom stereocenters. The van der Waals surface area contributed by atoms with Gasteiger partial charge in [0.15, 0.2) is 0 Å². The Morgan fingerprint density at radius 1 is 0.443 bits per heavy atom. The summed E-state index contributed by atoms with van der Waals surface area (Å²) >= 11 is 3.70. The van der Waals surface area contributed by atoms with Gasteiger partial charge >= 0.3 is 0 Å². The van der Waals surface area contributed by atoms with Crippen LogP contribution in [-0.4, -0.2) is 0 Å². The van der Waals surface area contributed by atoms with E-state index in [0.717, 1.165) is 17.1 Å². The number of aryl methyl sites for hydroxylation is 1. The molecule has 3 nitrogen and oxygen atoms in total. The Bertz CT molecular complexity index is 2770. The van der Waals surface area contributed by atoms with Crippen LogP contribution in [0.3, 0.4) is 0 Å². The molecular formula is C64H68N3S2Y-. The van der Waals surface area contributed by atoms with E-state index < -0.39 is 0 Å². The van der Waals surface area contributed by atoms with Gasteiger partial charge in [-0.15, -0.1) is 34.8 Å². The molecule has 0 spiro atoms. The number of benzene rings is 8. The molecule has 2 aliphatic rings. The molecule has 3 heterocycles. The van der Waals surface area contributed by atoms with E-state index in [1.807, 2.05) is 114 Å². The van der Waals surface area contributed by atoms with Gasteiger partial charge in [0.05, 0.1) is 6.04 Å². The summed E-state index contributed by atoms with van der Waals surface area (Å²) in [4.78, 5) is 4.49. The van der Waals surface area contributed by atoms with E-state index in [1.54, 1.807) is 0 Å². The topological polar surface area (TPSA) is 18.5 Å². The first kappa shape index (κ1) is 55.1. The van der Waals surface area contributed by atoms with E-state index in [0.29, 0.717) is 12.0 Å². The van der Waals surface area contributed by atoms with Crippen molar-refractivity contribution in [3.8, 4) is 0 Å². The summed E-state index contributed by atoms with van der Waals surface area (Å²) in [6, 6.07) is 75.8. The van der Waals surface area contributed by atoms with E-state index in [4.69, 9.17) is 0 Å². The zero-order valence-corrected chi connectivity index (χ0v) is 46.9. The molecule has 2 aromatic heterocycles. The van der Waals surface area contributed by atoms with Gasteiger partial charge in [0.1, 0.15) is 0 Å². The largest absolute Gasteiger partial charge is 0.377 e. The molecule has 1 aliphatic heterocycles. The van der Waals surface area contributed by atoms with Gasteiger partial charge in [0, 0.05) is 82.2 Å². The number of fused-ring (bicyclic) bond motifs is 7. The molecule has 355 valence electrons. The normalized spacial score (nSPS) is 12.9. The average Bonchev–Trinajstić information content (AvgIpc) is 4.25. The van der Waals surface area contributed by atoms with Gasteiger partial charge < -0.3 is 15.1 Å². The number of nitrogens with zero attached hydrogens (tertiary/aromatic N) is 2. The summed E-state index contributed by atoms with van der Waals surface area (Å²) in [5.74, 6) is 0.605. The molecule has 0 amide bonds. The molecular weight excluding hydrogens is 964 g/mol. The minimum absolute atomic E-state index is 0. The fourth-order valence-electron chi connectivity index (χ4n) is 8.63. The van der Waals surface area contributed by atoms with Gasteiger partial charge in [0.2, 0.25) is 0 Å². The Morgan fingerprint density at radius 3 is 1.27 bits per heavy atom. The van der Waals surface area contributed by atoms with Crippen molar-refractivity contribution in [1.82, 2.24) is 0 Å². The molecule has 0 fully saturated rings. The van der Waals surface area contributed by atoms with Gasteiger partial charge in [-0.05, 0) is 149 Å². The number of hydrogen-bond acceptors (Lipinski definition) is 5. The number of thiophene rings is 2. The summed E-state index contributed by atoms with van der Waals surface area (Å²) in [5.41, 5.74) is 14.1. The van der Waals surface area contributed by atoms with Crippen LogP contribution in [0, 0.1) is 13.0 Å². The first-order valence-corrected chi connectivity index (χ1v) is 26.5. The number of nitrogens with one attached hydrogen (secondary N) is 1. The van der Waals surface area contributed by atoms with Crippen molar-refractivity contribution < 1.29 is 32.7 Å². The Labute approximate surface area is 452 Å². The van der Waals surface area contributed by atoms with E-state index in [1.165, 1.54) is 71.6 Å². The van der Waals surface area contributed by atoms with Gasteiger partial charge in [0.25, 0.3) is 0 Å². The zero-order valence-electron chi connectivity index (χ0n) is 42.4. The maximum absolute atomic E-state index is 3.80. The fourth-order valence-corrected chi connectivity index (χ4v) is 10.3. The molecule has 8 aromatic carbocycles. The van der Waals surface area contributed by atoms with E-state index >= 15 is 0 Å². The average molecular weight is 1030 g/mol. The number of anilines is 7. The molecule has 6 heteroatoms. The maximum atomic E-state index is 3.80. The minimum atomic E-state index is 0. The maximum Gasteiger partial charge on any atom is 0.0589 e. The number of rotatable bonds is 6. The van der Waals surface area contributed by atoms with Gasteiger partial charge in [-0.25, -0.2) is 0 Å². The smallest absolute Gasteiger partial charge is 0.0589 e. The molecule has 1 N–H and O–H groups in total. The third-order valence-electron chi connectivity index (χ3n) is 11.5. The van der Waals surface area contributed by atoms with Crippen LogP contribution >= 0.6 is 22.7 Å². The van der Waals surface area contributed by atoms with Crippen molar-refractivity contribution >= 4 is 82.7 Å². The van der Waals surface area contributed by atoms with E-state index in [9.17, 15) is 0 Å². The van der Waals surface area contributed by atoms with Crippen LogP contribution in [0.4, 0.5) is 39.8 Å². The van der Waals surface area contributed by atoms with Gasteiger partial charge in [-0.2, -0.15) is 18.2 Å². The van der Waals surface area contributed by atoms with Crippen LogP contribution in [0.5, 0.6) is 0 Å². The summed E-state index contributed by atoms with van der Waals surface area (Å²) in [5, 5.41) is 11.0. The Hall–Kier alpha value is -5.82. The predicted molar refractivity (Wildman–Crippen MR) is 308 cm³/mol. The standard InChI is InChI=1S/C19H13NS2.C19H17N.C18H14N.4C2H6.Y/c1-3-21-17-8-13-12(5-10(1)17)6-15-14-9-18-11(2-4-22-18)7-16(14)20-19(13)15;1-16-12-14-19(15-13-16)20(17-8-4-2-5-9-17)18-10-6-3-7-11-18;1-4-10-16(11-5-1)19(17-12-6-2-7-13-17)18-14-8-3-9-15-18;4*1-2;/h1-5,7-9,15,19-20H,6H2;2-15H,1H3;1-2,4-15H;4*1-2H3;/q;;-1;;;;;. The summed E-state index contributed by atoms with van der Waals surface area (Å²) in [6.07, 6.45) is 1.17. The van der Waals surface area contributed by atoms with Crippen LogP contribution in [0.25, 0.3) is 20.2 Å². The van der Waals surface area contributed by atoms with Crippen molar-refractivity contribution in [3.05, 3.63) is 245 Å². The fraction of sp³-hybridized carbons (Fsp3) is 0.188. The minimum Gasteiger partial charge on any atom is -0.377 e. The molecule has 0 bridgehead atoms. The second-order valence-electron chi connectivity index (χ2n) is 15.4. The van der Waals surface area contributed by atoms with Gasteiger partial charge in [-0.3, -0.25) is 0 Å². The molecule has 12 rings (SSSR count).